The fourth-order valence-corrected chi connectivity index (χ4v) is 2.77. The molecule has 2 rings (SSSR count). The Morgan fingerprint density at radius 2 is 1.48 bits per heavy atom. The summed E-state index contributed by atoms with van der Waals surface area (Å²) < 4.78 is 4.63. The molecule has 5 N–H and O–H groups in total. The number of rotatable bonds is 10. The summed E-state index contributed by atoms with van der Waals surface area (Å²) in [6.07, 6.45) is -2.31. The van der Waals surface area contributed by atoms with Crippen molar-refractivity contribution in [2.24, 2.45) is 0 Å². The number of aromatic hydroxyl groups is 1. The van der Waals surface area contributed by atoms with Crippen molar-refractivity contribution < 1.29 is 44.0 Å². The minimum absolute atomic E-state index is 0.0174. The summed E-state index contributed by atoms with van der Waals surface area (Å²) in [4.78, 5) is 59.3. The third-order valence-electron chi connectivity index (χ3n) is 4.44. The number of hydrogen-bond acceptors (Lipinski definition) is 7. The van der Waals surface area contributed by atoms with Crippen LogP contribution in [0.25, 0.3) is 0 Å². The van der Waals surface area contributed by atoms with Crippen LogP contribution < -0.4 is 10.6 Å². The van der Waals surface area contributed by atoms with E-state index >= 15 is 0 Å². The van der Waals surface area contributed by atoms with Crippen LogP contribution in [0.1, 0.15) is 28.8 Å². The molecule has 0 aliphatic heterocycles. The lowest BCUT2D eigenvalue weighted by Gasteiger charge is -2.21. The Labute approximate surface area is 188 Å². The largest absolute Gasteiger partial charge is 0.508 e. The maximum absolute atomic E-state index is 12.6. The first kappa shape index (κ1) is 24.9. The van der Waals surface area contributed by atoms with E-state index in [4.69, 9.17) is 5.11 Å². The van der Waals surface area contributed by atoms with Gasteiger partial charge in [0.05, 0.1) is 5.56 Å². The van der Waals surface area contributed by atoms with E-state index in [1.165, 1.54) is 36.4 Å². The first-order chi connectivity index (χ1) is 15.7. The van der Waals surface area contributed by atoms with Crippen molar-refractivity contribution in [2.75, 3.05) is 0 Å². The number of carboxylic acids is 2. The fraction of sp³-hybridized carbons (Fsp3) is 0.227. The second-order valence-corrected chi connectivity index (χ2v) is 6.94. The molecule has 0 aliphatic carbocycles. The zero-order valence-corrected chi connectivity index (χ0v) is 17.3. The first-order valence-corrected chi connectivity index (χ1v) is 9.76. The predicted octanol–water partition coefficient (Wildman–Crippen LogP) is 1.30. The number of ether oxygens (including phenoxy) is 1. The van der Waals surface area contributed by atoms with Crippen molar-refractivity contribution in [3.05, 3.63) is 65.7 Å². The molecule has 0 aliphatic rings. The second-order valence-electron chi connectivity index (χ2n) is 6.94. The van der Waals surface area contributed by atoms with Crippen molar-refractivity contribution in [1.82, 2.24) is 10.6 Å². The molecule has 0 unspecified atom stereocenters. The van der Waals surface area contributed by atoms with E-state index in [9.17, 15) is 34.2 Å². The molecule has 0 radical (unpaired) electrons. The van der Waals surface area contributed by atoms with Crippen LogP contribution in [0.4, 0.5) is 4.79 Å². The minimum atomic E-state index is -1.47. The number of amides is 2. The number of hydrogen-bond donors (Lipinski definition) is 5. The lowest BCUT2D eigenvalue weighted by molar-refractivity contribution is -0.142. The highest BCUT2D eigenvalue weighted by Crippen LogP contribution is 2.12. The molecule has 0 aromatic heterocycles. The Morgan fingerprint density at radius 1 is 0.848 bits per heavy atom. The number of phenolic OH excluding ortho intramolecular Hbond substituents is 1. The van der Waals surface area contributed by atoms with Crippen LogP contribution in [-0.2, 0) is 25.5 Å². The zero-order valence-electron chi connectivity index (χ0n) is 17.3. The fourth-order valence-electron chi connectivity index (χ4n) is 2.77. The first-order valence-electron chi connectivity index (χ1n) is 9.76. The predicted molar refractivity (Wildman–Crippen MR) is 112 cm³/mol. The molecule has 0 heterocycles. The normalized spacial score (nSPS) is 12.1. The van der Waals surface area contributed by atoms with Gasteiger partial charge in [-0.3, -0.25) is 9.59 Å². The summed E-state index contributed by atoms with van der Waals surface area (Å²) in [7, 11) is 0. The Bertz CT molecular complexity index is 1010. The maximum atomic E-state index is 12.6. The van der Waals surface area contributed by atoms with Crippen molar-refractivity contribution in [2.45, 2.75) is 31.3 Å². The molecule has 0 spiro atoms. The van der Waals surface area contributed by atoms with Crippen LogP contribution in [0.3, 0.4) is 0 Å². The molecule has 2 aromatic carbocycles. The van der Waals surface area contributed by atoms with Gasteiger partial charge in [-0.1, -0.05) is 30.3 Å². The van der Waals surface area contributed by atoms with Crippen LogP contribution in [-0.4, -0.2) is 57.3 Å². The SMILES string of the molecule is O=C(O)CC[C@H](NC(=O)OC(=O)c1ccccc1)C(=O)N[C@@H](Cc1ccc(O)cc1)C(=O)O. The lowest BCUT2D eigenvalue weighted by atomic mass is 10.0. The van der Waals surface area contributed by atoms with Gasteiger partial charge in [0.25, 0.3) is 0 Å². The average molecular weight is 458 g/mol. The number of carbonyl (C=O) groups excluding carboxylic acids is 3. The molecule has 33 heavy (non-hydrogen) atoms. The van der Waals surface area contributed by atoms with Crippen molar-refractivity contribution in [3.8, 4) is 5.75 Å². The quantitative estimate of drug-likeness (QED) is 0.259. The maximum Gasteiger partial charge on any atom is 0.415 e. The number of esters is 1. The van der Waals surface area contributed by atoms with E-state index in [0.29, 0.717) is 5.56 Å². The van der Waals surface area contributed by atoms with Gasteiger partial charge >= 0.3 is 24.0 Å². The van der Waals surface area contributed by atoms with Gasteiger partial charge in [0.2, 0.25) is 5.91 Å². The molecule has 174 valence electrons. The number of alkyl carbamates (subject to hydrolysis) is 1. The molecule has 2 atom stereocenters. The van der Waals surface area contributed by atoms with Crippen molar-refractivity contribution >= 4 is 29.9 Å². The van der Waals surface area contributed by atoms with Gasteiger partial charge in [-0.25, -0.2) is 14.4 Å². The van der Waals surface area contributed by atoms with Crippen LogP contribution in [0.2, 0.25) is 0 Å². The van der Waals surface area contributed by atoms with Crippen molar-refractivity contribution in [3.63, 3.8) is 0 Å². The molecule has 11 nitrogen and oxygen atoms in total. The van der Waals surface area contributed by atoms with Gasteiger partial charge in [0, 0.05) is 12.8 Å². The molecule has 11 heteroatoms. The van der Waals surface area contributed by atoms with Crippen LogP contribution >= 0.6 is 0 Å². The van der Waals surface area contributed by atoms with E-state index in [-0.39, 0.29) is 24.2 Å². The van der Waals surface area contributed by atoms with E-state index in [0.717, 1.165) is 0 Å². The summed E-state index contributed by atoms with van der Waals surface area (Å²) in [5, 5.41) is 32.0. The van der Waals surface area contributed by atoms with E-state index in [1.54, 1.807) is 18.2 Å². The number of nitrogens with one attached hydrogen (secondary N) is 2. The summed E-state index contributed by atoms with van der Waals surface area (Å²) >= 11 is 0. The highest BCUT2D eigenvalue weighted by molar-refractivity contribution is 5.97. The average Bonchev–Trinajstić information content (AvgIpc) is 2.77. The highest BCUT2D eigenvalue weighted by Gasteiger charge is 2.28. The smallest absolute Gasteiger partial charge is 0.415 e. The summed E-state index contributed by atoms with van der Waals surface area (Å²) in [5.74, 6) is -4.58. The molecular formula is C22H22N2O9. The topological polar surface area (TPSA) is 179 Å². The molecule has 2 aromatic rings. The van der Waals surface area contributed by atoms with Gasteiger partial charge in [-0.2, -0.15) is 0 Å². The van der Waals surface area contributed by atoms with Gasteiger partial charge in [-0.05, 0) is 36.2 Å². The molecule has 2 amide bonds. The Balaban J connectivity index is 2.06. The number of phenols is 1. The molecule has 0 bridgehead atoms. The van der Waals surface area contributed by atoms with E-state index < -0.39 is 48.4 Å². The van der Waals surface area contributed by atoms with Crippen LogP contribution in [0.5, 0.6) is 5.75 Å². The van der Waals surface area contributed by atoms with Gasteiger partial charge in [-0.15, -0.1) is 0 Å². The summed E-state index contributed by atoms with van der Waals surface area (Å²) in [5.41, 5.74) is 0.586. The van der Waals surface area contributed by atoms with E-state index in [2.05, 4.69) is 15.4 Å². The van der Waals surface area contributed by atoms with Crippen LogP contribution in [0, 0.1) is 0 Å². The third-order valence-corrected chi connectivity index (χ3v) is 4.44. The highest BCUT2D eigenvalue weighted by atomic mass is 16.6. The Kier molecular flexibility index (Phi) is 8.92. The molecular weight excluding hydrogens is 436 g/mol. The zero-order chi connectivity index (χ0) is 24.4. The number of aliphatic carboxylic acids is 2. The minimum Gasteiger partial charge on any atom is -0.508 e. The summed E-state index contributed by atoms with van der Waals surface area (Å²) in [6.45, 7) is 0. The standard InChI is InChI=1S/C22H22N2O9/c25-15-8-6-13(7-9-15)12-17(20(29)30)23-19(28)16(10-11-18(26)27)24-22(32)33-21(31)14-4-2-1-3-5-14/h1-9,16-17,25H,10-12H2,(H,23,28)(H,24,32)(H,26,27)(H,29,30)/t16-,17-/m0/s1. The van der Waals surface area contributed by atoms with Gasteiger partial charge in [0.1, 0.15) is 17.8 Å². The number of benzene rings is 2. The van der Waals surface area contributed by atoms with Crippen molar-refractivity contribution in [1.29, 1.82) is 0 Å². The number of carboxylic acid groups (broad SMARTS) is 2. The Morgan fingerprint density at radius 3 is 2.06 bits per heavy atom. The number of carbonyl (C=O) groups is 5. The molecule has 0 fully saturated rings. The lowest BCUT2D eigenvalue weighted by Crippen LogP contribution is -2.52. The Hall–Kier alpha value is -4.41. The van der Waals surface area contributed by atoms with E-state index in [1.807, 2.05) is 0 Å². The van der Waals surface area contributed by atoms with Gasteiger partial charge < -0.3 is 30.7 Å². The summed E-state index contributed by atoms with van der Waals surface area (Å²) in [6, 6.07) is 10.4. The second kappa shape index (κ2) is 11.8. The van der Waals surface area contributed by atoms with Gasteiger partial charge in [0.15, 0.2) is 0 Å². The molecule has 0 saturated carbocycles. The monoisotopic (exact) mass is 458 g/mol. The molecule has 0 saturated heterocycles. The third kappa shape index (κ3) is 8.32. The van der Waals surface area contributed by atoms with Crippen LogP contribution in [0.15, 0.2) is 54.6 Å².